The van der Waals surface area contributed by atoms with Crippen molar-refractivity contribution in [2.75, 3.05) is 6.67 Å². The van der Waals surface area contributed by atoms with E-state index < -0.39 is 25.1 Å². The SMILES string of the molecule is CC(CF)C(F)C(O)F. The van der Waals surface area contributed by atoms with E-state index in [4.69, 9.17) is 5.11 Å². The van der Waals surface area contributed by atoms with Crippen LogP contribution in [0.15, 0.2) is 0 Å². The Morgan fingerprint density at radius 1 is 1.44 bits per heavy atom. The van der Waals surface area contributed by atoms with E-state index >= 15 is 0 Å². The summed E-state index contributed by atoms with van der Waals surface area (Å²) < 4.78 is 35.1. The molecule has 0 rings (SSSR count). The third-order valence-corrected chi connectivity index (χ3v) is 1.05. The zero-order chi connectivity index (χ0) is 7.44. The van der Waals surface area contributed by atoms with Crippen LogP contribution in [0.1, 0.15) is 6.92 Å². The number of aliphatic hydroxyl groups is 1. The van der Waals surface area contributed by atoms with E-state index in [2.05, 4.69) is 0 Å². The standard InChI is InChI=1S/C5H9F3O/c1-3(2-6)4(7)5(8)9/h3-5,9H,2H2,1H3. The number of hydrogen-bond donors (Lipinski definition) is 1. The molecule has 0 aliphatic rings. The molecule has 0 aromatic carbocycles. The number of halogens is 3. The van der Waals surface area contributed by atoms with Gasteiger partial charge in [0.2, 0.25) is 6.36 Å². The molecular formula is C5H9F3O. The summed E-state index contributed by atoms with van der Waals surface area (Å²) >= 11 is 0. The number of rotatable bonds is 3. The number of aliphatic hydroxyl groups excluding tert-OH is 1. The molecule has 0 aromatic heterocycles. The molecule has 4 heteroatoms. The van der Waals surface area contributed by atoms with E-state index in [0.717, 1.165) is 0 Å². The fraction of sp³-hybridized carbons (Fsp3) is 1.00. The summed E-state index contributed by atoms with van der Waals surface area (Å²) in [5.41, 5.74) is 0. The summed E-state index contributed by atoms with van der Waals surface area (Å²) in [6.07, 6.45) is -4.66. The molecule has 0 spiro atoms. The van der Waals surface area contributed by atoms with Gasteiger partial charge in [-0.25, -0.2) is 8.78 Å². The molecular weight excluding hydrogens is 133 g/mol. The average molecular weight is 142 g/mol. The summed E-state index contributed by atoms with van der Waals surface area (Å²) in [7, 11) is 0. The Labute approximate surface area is 51.5 Å². The highest BCUT2D eigenvalue weighted by molar-refractivity contribution is 4.64. The lowest BCUT2D eigenvalue weighted by molar-refractivity contribution is -0.0505. The highest BCUT2D eigenvalue weighted by Crippen LogP contribution is 2.12. The first-order valence-corrected chi connectivity index (χ1v) is 2.61. The number of hydrogen-bond acceptors (Lipinski definition) is 1. The molecule has 0 saturated carbocycles. The van der Waals surface area contributed by atoms with E-state index in [1.54, 1.807) is 0 Å². The molecule has 0 heterocycles. The molecule has 56 valence electrons. The Hall–Kier alpha value is -0.250. The monoisotopic (exact) mass is 142 g/mol. The Balaban J connectivity index is 3.58. The lowest BCUT2D eigenvalue weighted by Gasteiger charge is -2.12. The second-order valence-corrected chi connectivity index (χ2v) is 1.95. The molecule has 0 bridgehead atoms. The predicted molar refractivity (Wildman–Crippen MR) is 27.1 cm³/mol. The molecule has 0 aliphatic carbocycles. The van der Waals surface area contributed by atoms with Crippen molar-refractivity contribution in [2.45, 2.75) is 19.5 Å². The smallest absolute Gasteiger partial charge is 0.228 e. The van der Waals surface area contributed by atoms with E-state index in [0.29, 0.717) is 0 Å². The molecule has 0 amide bonds. The Morgan fingerprint density at radius 3 is 2.00 bits per heavy atom. The number of alkyl halides is 3. The predicted octanol–water partition coefficient (Wildman–Crippen LogP) is 1.22. The quantitative estimate of drug-likeness (QED) is 0.628. The van der Waals surface area contributed by atoms with Crippen LogP contribution < -0.4 is 0 Å². The zero-order valence-corrected chi connectivity index (χ0v) is 5.02. The van der Waals surface area contributed by atoms with E-state index in [1.807, 2.05) is 0 Å². The lowest BCUT2D eigenvalue weighted by atomic mass is 10.1. The van der Waals surface area contributed by atoms with Crippen LogP contribution in [0.3, 0.4) is 0 Å². The topological polar surface area (TPSA) is 20.2 Å². The van der Waals surface area contributed by atoms with Crippen LogP contribution in [0.25, 0.3) is 0 Å². The maximum Gasteiger partial charge on any atom is 0.228 e. The molecule has 0 fully saturated rings. The van der Waals surface area contributed by atoms with Gasteiger partial charge in [-0.1, -0.05) is 6.92 Å². The zero-order valence-electron chi connectivity index (χ0n) is 5.02. The van der Waals surface area contributed by atoms with Crippen molar-refractivity contribution < 1.29 is 18.3 Å². The van der Waals surface area contributed by atoms with Gasteiger partial charge in [0, 0.05) is 5.92 Å². The van der Waals surface area contributed by atoms with Crippen LogP contribution in [0, 0.1) is 5.92 Å². The maximum atomic E-state index is 12.1. The van der Waals surface area contributed by atoms with Crippen molar-refractivity contribution in [3.05, 3.63) is 0 Å². The average Bonchev–Trinajstić information content (AvgIpc) is 1.84. The van der Waals surface area contributed by atoms with Crippen molar-refractivity contribution in [3.63, 3.8) is 0 Å². The Kier molecular flexibility index (Phi) is 3.61. The van der Waals surface area contributed by atoms with Gasteiger partial charge in [-0.15, -0.1) is 0 Å². The summed E-state index contributed by atoms with van der Waals surface area (Å²) in [4.78, 5) is 0. The molecule has 1 nitrogen and oxygen atoms in total. The van der Waals surface area contributed by atoms with Gasteiger partial charge in [-0.3, -0.25) is 4.39 Å². The van der Waals surface area contributed by atoms with Crippen LogP contribution in [0.2, 0.25) is 0 Å². The highest BCUT2D eigenvalue weighted by Gasteiger charge is 2.23. The van der Waals surface area contributed by atoms with Gasteiger partial charge in [0.1, 0.15) is 0 Å². The molecule has 3 unspecified atom stereocenters. The molecule has 0 aliphatic heterocycles. The molecule has 0 radical (unpaired) electrons. The lowest BCUT2D eigenvalue weighted by Crippen LogP contribution is -2.25. The van der Waals surface area contributed by atoms with Gasteiger partial charge in [0.05, 0.1) is 6.67 Å². The first-order chi connectivity index (χ1) is 4.09. The summed E-state index contributed by atoms with van der Waals surface area (Å²) in [5, 5.41) is 7.91. The van der Waals surface area contributed by atoms with Crippen molar-refractivity contribution in [1.82, 2.24) is 0 Å². The van der Waals surface area contributed by atoms with Gasteiger partial charge in [0.15, 0.2) is 6.17 Å². The molecule has 1 N–H and O–H groups in total. The summed E-state index contributed by atoms with van der Waals surface area (Å²) in [6.45, 7) is 0.232. The first kappa shape index (κ1) is 8.75. The minimum atomic E-state index is -2.56. The van der Waals surface area contributed by atoms with Crippen LogP contribution in [-0.4, -0.2) is 24.3 Å². The van der Waals surface area contributed by atoms with E-state index in [9.17, 15) is 13.2 Å². The van der Waals surface area contributed by atoms with E-state index in [1.165, 1.54) is 6.92 Å². The normalized spacial score (nSPS) is 21.0. The Morgan fingerprint density at radius 2 is 1.89 bits per heavy atom. The van der Waals surface area contributed by atoms with Crippen molar-refractivity contribution in [1.29, 1.82) is 0 Å². The largest absolute Gasteiger partial charge is 0.362 e. The minimum absolute atomic E-state index is 0.956. The molecule has 0 aromatic rings. The third kappa shape index (κ3) is 2.70. The van der Waals surface area contributed by atoms with Gasteiger partial charge in [-0.2, -0.15) is 0 Å². The van der Waals surface area contributed by atoms with E-state index in [-0.39, 0.29) is 0 Å². The van der Waals surface area contributed by atoms with Gasteiger partial charge in [-0.05, 0) is 0 Å². The molecule has 0 saturated heterocycles. The third-order valence-electron chi connectivity index (χ3n) is 1.05. The minimum Gasteiger partial charge on any atom is -0.362 e. The van der Waals surface area contributed by atoms with Crippen molar-refractivity contribution >= 4 is 0 Å². The van der Waals surface area contributed by atoms with Gasteiger partial charge < -0.3 is 5.11 Å². The van der Waals surface area contributed by atoms with Crippen molar-refractivity contribution in [3.8, 4) is 0 Å². The highest BCUT2D eigenvalue weighted by atomic mass is 19.2. The summed E-state index contributed by atoms with van der Waals surface area (Å²) in [6, 6.07) is 0. The second-order valence-electron chi connectivity index (χ2n) is 1.95. The Bertz CT molecular complexity index is 76.6. The molecule has 3 atom stereocenters. The van der Waals surface area contributed by atoms with Crippen molar-refractivity contribution in [2.24, 2.45) is 5.92 Å². The van der Waals surface area contributed by atoms with Crippen LogP contribution in [-0.2, 0) is 0 Å². The van der Waals surface area contributed by atoms with Gasteiger partial charge in [0.25, 0.3) is 0 Å². The van der Waals surface area contributed by atoms with Crippen LogP contribution >= 0.6 is 0 Å². The first-order valence-electron chi connectivity index (χ1n) is 2.61. The van der Waals surface area contributed by atoms with Gasteiger partial charge >= 0.3 is 0 Å². The maximum absolute atomic E-state index is 12.1. The summed E-state index contributed by atoms with van der Waals surface area (Å²) in [5.74, 6) is -1.06. The fourth-order valence-electron chi connectivity index (χ4n) is 0.356. The molecule has 9 heavy (non-hydrogen) atoms. The van der Waals surface area contributed by atoms with Crippen LogP contribution in [0.4, 0.5) is 13.2 Å². The van der Waals surface area contributed by atoms with Crippen LogP contribution in [0.5, 0.6) is 0 Å². The second kappa shape index (κ2) is 3.71. The fourth-order valence-corrected chi connectivity index (χ4v) is 0.356.